The zero-order valence-electron chi connectivity index (χ0n) is 11.8. The van der Waals surface area contributed by atoms with Crippen molar-refractivity contribution >= 4 is 0 Å². The van der Waals surface area contributed by atoms with Crippen molar-refractivity contribution in [2.24, 2.45) is 0 Å². The molecule has 1 N–H and O–H groups in total. The maximum Gasteiger partial charge on any atom is 0.126 e. The summed E-state index contributed by atoms with van der Waals surface area (Å²) in [5, 5.41) is 3.33. The minimum atomic E-state index is 0.685. The maximum atomic E-state index is 5.88. The minimum absolute atomic E-state index is 0.685. The number of rotatable bonds is 8. The third kappa shape index (κ3) is 3.85. The van der Waals surface area contributed by atoms with E-state index in [1.807, 2.05) is 0 Å². The Morgan fingerprint density at radius 2 is 2.21 bits per heavy atom. The minimum Gasteiger partial charge on any atom is -0.493 e. The molecule has 1 aliphatic heterocycles. The normalized spacial score (nSPS) is 13.2. The van der Waals surface area contributed by atoms with Gasteiger partial charge in [0.15, 0.2) is 0 Å². The van der Waals surface area contributed by atoms with Gasteiger partial charge in [-0.05, 0) is 24.2 Å². The van der Waals surface area contributed by atoms with Gasteiger partial charge in [-0.15, -0.1) is 0 Å². The molecule has 0 amide bonds. The number of ether oxygens (including phenoxy) is 3. The Balaban J connectivity index is 2.04. The van der Waals surface area contributed by atoms with Crippen LogP contribution in [-0.4, -0.2) is 33.5 Å². The fourth-order valence-corrected chi connectivity index (χ4v) is 2.20. The number of benzene rings is 1. The monoisotopic (exact) mass is 265 g/mol. The van der Waals surface area contributed by atoms with Gasteiger partial charge in [0.25, 0.3) is 0 Å². The summed E-state index contributed by atoms with van der Waals surface area (Å²) in [4.78, 5) is 0. The summed E-state index contributed by atoms with van der Waals surface area (Å²) in [7, 11) is 1.71. The highest BCUT2D eigenvalue weighted by Gasteiger charge is 2.18. The second kappa shape index (κ2) is 7.36. The average Bonchev–Trinajstić information content (AvgIpc) is 2.89. The van der Waals surface area contributed by atoms with Crippen LogP contribution in [0.1, 0.15) is 24.5 Å². The van der Waals surface area contributed by atoms with Crippen LogP contribution in [0.4, 0.5) is 0 Å². The van der Waals surface area contributed by atoms with Gasteiger partial charge in [0, 0.05) is 38.7 Å². The first kappa shape index (κ1) is 14.2. The molecule has 0 spiro atoms. The van der Waals surface area contributed by atoms with Crippen molar-refractivity contribution in [2.75, 3.05) is 33.5 Å². The van der Waals surface area contributed by atoms with Gasteiger partial charge >= 0.3 is 0 Å². The molecule has 4 heteroatoms. The summed E-state index contributed by atoms with van der Waals surface area (Å²) in [6.45, 7) is 6.09. The Morgan fingerprint density at radius 3 is 3.00 bits per heavy atom. The molecular formula is C15H23NO3. The lowest BCUT2D eigenvalue weighted by molar-refractivity contribution is 0.172. The molecule has 0 unspecified atom stereocenters. The van der Waals surface area contributed by atoms with E-state index in [1.165, 1.54) is 11.1 Å². The predicted octanol–water partition coefficient (Wildman–Crippen LogP) is 2.15. The van der Waals surface area contributed by atoms with Crippen LogP contribution in [-0.2, 0) is 17.7 Å². The third-order valence-electron chi connectivity index (χ3n) is 3.17. The van der Waals surface area contributed by atoms with E-state index in [0.717, 1.165) is 50.6 Å². The number of nitrogens with one attached hydrogen (secondary N) is 1. The summed E-state index contributed by atoms with van der Waals surface area (Å²) in [6.07, 6.45) is 1.85. The van der Waals surface area contributed by atoms with Gasteiger partial charge < -0.3 is 19.5 Å². The predicted molar refractivity (Wildman–Crippen MR) is 75.0 cm³/mol. The molecule has 1 aromatic carbocycles. The number of hydrogen-bond donors (Lipinski definition) is 1. The van der Waals surface area contributed by atoms with Gasteiger partial charge in [-0.3, -0.25) is 0 Å². The van der Waals surface area contributed by atoms with E-state index in [1.54, 1.807) is 7.11 Å². The van der Waals surface area contributed by atoms with Crippen molar-refractivity contribution in [1.29, 1.82) is 0 Å². The average molecular weight is 265 g/mol. The van der Waals surface area contributed by atoms with E-state index < -0.39 is 0 Å². The second-order valence-corrected chi connectivity index (χ2v) is 4.64. The summed E-state index contributed by atoms with van der Waals surface area (Å²) < 4.78 is 16.6. The Bertz CT molecular complexity index is 407. The molecule has 0 aromatic heterocycles. The van der Waals surface area contributed by atoms with Gasteiger partial charge in [-0.25, -0.2) is 0 Å². The van der Waals surface area contributed by atoms with Crippen molar-refractivity contribution in [3.05, 3.63) is 23.3 Å². The number of fused-ring (bicyclic) bond motifs is 1. The maximum absolute atomic E-state index is 5.88. The molecule has 0 atom stereocenters. The zero-order valence-corrected chi connectivity index (χ0v) is 11.8. The van der Waals surface area contributed by atoms with Crippen molar-refractivity contribution < 1.29 is 14.2 Å². The van der Waals surface area contributed by atoms with Crippen LogP contribution < -0.4 is 14.8 Å². The number of hydrogen-bond acceptors (Lipinski definition) is 4. The molecule has 19 heavy (non-hydrogen) atoms. The van der Waals surface area contributed by atoms with Crippen molar-refractivity contribution in [1.82, 2.24) is 5.32 Å². The molecule has 2 rings (SSSR count). The largest absolute Gasteiger partial charge is 0.493 e. The van der Waals surface area contributed by atoms with Crippen molar-refractivity contribution in [2.45, 2.75) is 26.3 Å². The SMILES string of the molecule is CCNCc1cc(OCCCOC)c2c(c1)OCC2. The molecule has 4 nitrogen and oxygen atoms in total. The Labute approximate surface area is 115 Å². The van der Waals surface area contributed by atoms with Crippen LogP contribution in [0.3, 0.4) is 0 Å². The van der Waals surface area contributed by atoms with Gasteiger partial charge in [-0.2, -0.15) is 0 Å². The van der Waals surface area contributed by atoms with Crippen LogP contribution >= 0.6 is 0 Å². The van der Waals surface area contributed by atoms with E-state index in [0.29, 0.717) is 6.61 Å². The summed E-state index contributed by atoms with van der Waals surface area (Å²) in [6, 6.07) is 4.25. The molecule has 0 bridgehead atoms. The van der Waals surface area contributed by atoms with E-state index in [9.17, 15) is 0 Å². The van der Waals surface area contributed by atoms with Crippen molar-refractivity contribution in [3.63, 3.8) is 0 Å². The van der Waals surface area contributed by atoms with Crippen LogP contribution in [0.25, 0.3) is 0 Å². The van der Waals surface area contributed by atoms with Gasteiger partial charge in [0.1, 0.15) is 11.5 Å². The smallest absolute Gasteiger partial charge is 0.126 e. The lowest BCUT2D eigenvalue weighted by Crippen LogP contribution is -2.12. The van der Waals surface area contributed by atoms with Crippen LogP contribution in [0, 0.1) is 0 Å². The molecule has 1 heterocycles. The molecule has 106 valence electrons. The van der Waals surface area contributed by atoms with Crippen LogP contribution in [0.2, 0.25) is 0 Å². The Hall–Kier alpha value is -1.26. The Morgan fingerprint density at radius 1 is 1.32 bits per heavy atom. The van der Waals surface area contributed by atoms with Crippen LogP contribution in [0.15, 0.2) is 12.1 Å². The molecule has 0 saturated carbocycles. The highest BCUT2D eigenvalue weighted by Crippen LogP contribution is 2.35. The van der Waals surface area contributed by atoms with Crippen molar-refractivity contribution in [3.8, 4) is 11.5 Å². The quantitative estimate of drug-likeness (QED) is 0.731. The van der Waals surface area contributed by atoms with E-state index >= 15 is 0 Å². The van der Waals surface area contributed by atoms with Gasteiger partial charge in [0.05, 0.1) is 13.2 Å². The fourth-order valence-electron chi connectivity index (χ4n) is 2.20. The second-order valence-electron chi connectivity index (χ2n) is 4.64. The van der Waals surface area contributed by atoms with Crippen LogP contribution in [0.5, 0.6) is 11.5 Å². The highest BCUT2D eigenvalue weighted by atomic mass is 16.5. The summed E-state index contributed by atoms with van der Waals surface area (Å²) in [5.41, 5.74) is 2.42. The zero-order chi connectivity index (χ0) is 13.5. The Kier molecular flexibility index (Phi) is 5.48. The molecule has 1 aliphatic rings. The molecule has 0 fully saturated rings. The molecule has 0 saturated heterocycles. The number of methoxy groups -OCH3 is 1. The molecule has 1 aromatic rings. The summed E-state index contributed by atoms with van der Waals surface area (Å²) in [5.74, 6) is 1.95. The first-order valence-corrected chi connectivity index (χ1v) is 6.96. The lowest BCUT2D eigenvalue weighted by atomic mass is 10.1. The summed E-state index contributed by atoms with van der Waals surface area (Å²) >= 11 is 0. The molecular weight excluding hydrogens is 242 g/mol. The van der Waals surface area contributed by atoms with Gasteiger partial charge in [0.2, 0.25) is 0 Å². The first-order valence-electron chi connectivity index (χ1n) is 6.96. The lowest BCUT2D eigenvalue weighted by Gasteiger charge is -2.12. The third-order valence-corrected chi connectivity index (χ3v) is 3.17. The van der Waals surface area contributed by atoms with E-state index in [2.05, 4.69) is 24.4 Å². The molecule has 0 aliphatic carbocycles. The van der Waals surface area contributed by atoms with Gasteiger partial charge in [-0.1, -0.05) is 6.92 Å². The standard InChI is InChI=1S/C15H23NO3/c1-3-16-11-12-9-14(18-7-4-6-17-2)13-5-8-19-15(13)10-12/h9-10,16H,3-8,11H2,1-2H3. The highest BCUT2D eigenvalue weighted by molar-refractivity contribution is 5.50. The first-order chi connectivity index (χ1) is 9.35. The molecule has 0 radical (unpaired) electrons. The topological polar surface area (TPSA) is 39.7 Å². The fraction of sp³-hybridized carbons (Fsp3) is 0.600. The van der Waals surface area contributed by atoms with E-state index in [4.69, 9.17) is 14.2 Å². The van der Waals surface area contributed by atoms with E-state index in [-0.39, 0.29) is 0 Å².